The average Bonchev–Trinajstić information content (AvgIpc) is 2.66. The van der Waals surface area contributed by atoms with Crippen molar-refractivity contribution in [3.63, 3.8) is 0 Å². The molecule has 1 aliphatic rings. The highest BCUT2D eigenvalue weighted by molar-refractivity contribution is 6.12. The predicted molar refractivity (Wildman–Crippen MR) is 62.9 cm³/mol. The molecule has 1 N–H and O–H groups in total. The number of carbonyl (C=O) groups is 4. The molecule has 1 aliphatic heterocycles. The lowest BCUT2D eigenvalue weighted by molar-refractivity contribution is -0.147. The third-order valence-electron chi connectivity index (χ3n) is 2.50. The monoisotopic (exact) mass is 269 g/mol. The highest BCUT2D eigenvalue weighted by Gasteiger charge is 2.22. The molecule has 104 valence electrons. The number of imide groups is 1. The first-order valence-corrected chi connectivity index (χ1v) is 5.91. The fraction of sp³-hybridized carbons (Fsp3) is 0.500. The molecule has 1 heterocycles. The SMILES string of the molecule is O=C(O)CCCCC(=O)OCCN1C(=O)C=CC1=O. The third kappa shape index (κ3) is 5.33. The Hall–Kier alpha value is -2.18. The molecule has 0 saturated carbocycles. The molecular formula is C12H15NO6. The molecule has 1 rings (SSSR count). The van der Waals surface area contributed by atoms with Gasteiger partial charge in [0.05, 0.1) is 6.54 Å². The summed E-state index contributed by atoms with van der Waals surface area (Å²) in [5.41, 5.74) is 0. The van der Waals surface area contributed by atoms with Crippen molar-refractivity contribution in [2.75, 3.05) is 13.2 Å². The van der Waals surface area contributed by atoms with Crippen LogP contribution in [-0.4, -0.2) is 46.9 Å². The summed E-state index contributed by atoms with van der Waals surface area (Å²) in [6.45, 7) is -0.0115. The van der Waals surface area contributed by atoms with Crippen molar-refractivity contribution in [3.05, 3.63) is 12.2 Å². The van der Waals surface area contributed by atoms with E-state index < -0.39 is 23.8 Å². The fourth-order valence-corrected chi connectivity index (χ4v) is 1.52. The van der Waals surface area contributed by atoms with Crippen molar-refractivity contribution < 1.29 is 29.0 Å². The van der Waals surface area contributed by atoms with E-state index >= 15 is 0 Å². The zero-order chi connectivity index (χ0) is 14.3. The van der Waals surface area contributed by atoms with Crippen LogP contribution in [0.5, 0.6) is 0 Å². The molecule has 7 nitrogen and oxygen atoms in total. The molecule has 0 aromatic rings. The van der Waals surface area contributed by atoms with Gasteiger partial charge in [-0.3, -0.25) is 24.1 Å². The molecule has 0 saturated heterocycles. The number of carboxylic acids is 1. The van der Waals surface area contributed by atoms with E-state index in [0.29, 0.717) is 12.8 Å². The average molecular weight is 269 g/mol. The number of hydrogen-bond donors (Lipinski definition) is 1. The summed E-state index contributed by atoms with van der Waals surface area (Å²) in [6, 6.07) is 0. The molecule has 0 bridgehead atoms. The first-order chi connectivity index (χ1) is 9.00. The second-order valence-corrected chi connectivity index (χ2v) is 3.98. The molecule has 0 aromatic carbocycles. The number of nitrogens with zero attached hydrogens (tertiary/aromatic N) is 1. The maximum atomic E-state index is 11.3. The molecular weight excluding hydrogens is 254 g/mol. The molecule has 0 spiro atoms. The molecule has 2 amide bonds. The Kier molecular flexibility index (Phi) is 5.72. The summed E-state index contributed by atoms with van der Waals surface area (Å²) in [6.07, 6.45) is 3.33. The van der Waals surface area contributed by atoms with Gasteiger partial charge in [0.1, 0.15) is 6.61 Å². The van der Waals surface area contributed by atoms with Crippen LogP contribution in [0.15, 0.2) is 12.2 Å². The van der Waals surface area contributed by atoms with E-state index in [2.05, 4.69) is 0 Å². The Labute approximate surface area is 109 Å². The molecule has 7 heteroatoms. The number of rotatable bonds is 8. The van der Waals surface area contributed by atoms with E-state index in [0.717, 1.165) is 17.1 Å². The first kappa shape index (κ1) is 14.9. The van der Waals surface area contributed by atoms with E-state index in [1.54, 1.807) is 0 Å². The van der Waals surface area contributed by atoms with E-state index in [-0.39, 0.29) is 26.0 Å². The predicted octanol–water partition coefficient (Wildman–Crippen LogP) is 0.0996. The van der Waals surface area contributed by atoms with Crippen LogP contribution in [0.25, 0.3) is 0 Å². The van der Waals surface area contributed by atoms with Gasteiger partial charge in [0.2, 0.25) is 0 Å². The quantitative estimate of drug-likeness (QED) is 0.381. The molecule has 0 unspecified atom stereocenters. The van der Waals surface area contributed by atoms with Crippen LogP contribution in [0, 0.1) is 0 Å². The lowest BCUT2D eigenvalue weighted by Crippen LogP contribution is -2.33. The molecule has 19 heavy (non-hydrogen) atoms. The first-order valence-electron chi connectivity index (χ1n) is 5.91. The lowest BCUT2D eigenvalue weighted by Gasteiger charge is -2.13. The summed E-state index contributed by atoms with van der Waals surface area (Å²) < 4.78 is 4.85. The van der Waals surface area contributed by atoms with Crippen molar-refractivity contribution in [1.82, 2.24) is 4.90 Å². The van der Waals surface area contributed by atoms with E-state index in [9.17, 15) is 19.2 Å². The summed E-state index contributed by atoms with van der Waals surface area (Å²) in [5.74, 6) is -2.19. The van der Waals surface area contributed by atoms with E-state index in [1.165, 1.54) is 0 Å². The number of unbranched alkanes of at least 4 members (excludes halogenated alkanes) is 1. The number of carbonyl (C=O) groups excluding carboxylic acids is 3. The highest BCUT2D eigenvalue weighted by atomic mass is 16.5. The van der Waals surface area contributed by atoms with Gasteiger partial charge >= 0.3 is 11.9 Å². The number of aliphatic carboxylic acids is 1. The Morgan fingerprint density at radius 3 is 2.26 bits per heavy atom. The second-order valence-electron chi connectivity index (χ2n) is 3.98. The zero-order valence-electron chi connectivity index (χ0n) is 10.3. The maximum Gasteiger partial charge on any atom is 0.305 e. The Morgan fingerprint density at radius 1 is 1.11 bits per heavy atom. The highest BCUT2D eigenvalue weighted by Crippen LogP contribution is 2.04. The van der Waals surface area contributed by atoms with Crippen molar-refractivity contribution in [3.8, 4) is 0 Å². The van der Waals surface area contributed by atoms with E-state index in [4.69, 9.17) is 9.84 Å². The third-order valence-corrected chi connectivity index (χ3v) is 2.50. The number of hydrogen-bond acceptors (Lipinski definition) is 5. The molecule has 0 aliphatic carbocycles. The minimum absolute atomic E-state index is 0.0235. The standard InChI is InChI=1S/C12H15NO6/c14-9-5-6-10(15)13(9)7-8-19-12(18)4-2-1-3-11(16)17/h5-6H,1-4,7-8H2,(H,16,17). The molecule has 0 aromatic heterocycles. The van der Waals surface area contributed by atoms with Gasteiger partial charge in [-0.2, -0.15) is 0 Å². The summed E-state index contributed by atoms with van der Waals surface area (Å²) in [4.78, 5) is 44.8. The normalized spacial score (nSPS) is 14.0. The number of esters is 1. The minimum Gasteiger partial charge on any atom is -0.481 e. The van der Waals surface area contributed by atoms with Gasteiger partial charge in [-0.25, -0.2) is 0 Å². The largest absolute Gasteiger partial charge is 0.481 e. The summed E-state index contributed by atoms with van der Waals surface area (Å²) in [7, 11) is 0. The Bertz CT molecular complexity index is 396. The van der Waals surface area contributed by atoms with Crippen LogP contribution in [0.1, 0.15) is 25.7 Å². The van der Waals surface area contributed by atoms with E-state index in [1.807, 2.05) is 0 Å². The van der Waals surface area contributed by atoms with Crippen LogP contribution < -0.4 is 0 Å². The fourth-order valence-electron chi connectivity index (χ4n) is 1.52. The van der Waals surface area contributed by atoms with Crippen molar-refractivity contribution >= 4 is 23.8 Å². The van der Waals surface area contributed by atoms with Crippen molar-refractivity contribution in [2.24, 2.45) is 0 Å². The van der Waals surface area contributed by atoms with Crippen LogP contribution in [0.2, 0.25) is 0 Å². The van der Waals surface area contributed by atoms with Crippen LogP contribution in [-0.2, 0) is 23.9 Å². The smallest absolute Gasteiger partial charge is 0.305 e. The van der Waals surface area contributed by atoms with Gasteiger partial charge in [0.15, 0.2) is 0 Å². The summed E-state index contributed by atoms with van der Waals surface area (Å²) >= 11 is 0. The number of ether oxygens (including phenoxy) is 1. The topological polar surface area (TPSA) is 101 Å². The Morgan fingerprint density at radius 2 is 1.68 bits per heavy atom. The van der Waals surface area contributed by atoms with Gasteiger partial charge in [0, 0.05) is 25.0 Å². The van der Waals surface area contributed by atoms with Gasteiger partial charge < -0.3 is 9.84 Å². The molecule has 0 atom stereocenters. The zero-order valence-corrected chi connectivity index (χ0v) is 10.3. The Balaban J connectivity index is 2.09. The lowest BCUT2D eigenvalue weighted by atomic mass is 10.2. The summed E-state index contributed by atoms with van der Waals surface area (Å²) in [5, 5.41) is 8.40. The maximum absolute atomic E-state index is 11.3. The van der Waals surface area contributed by atoms with Gasteiger partial charge in [-0.05, 0) is 12.8 Å². The molecule has 0 fully saturated rings. The minimum atomic E-state index is -0.896. The van der Waals surface area contributed by atoms with Crippen molar-refractivity contribution in [1.29, 1.82) is 0 Å². The van der Waals surface area contributed by atoms with Crippen LogP contribution in [0.3, 0.4) is 0 Å². The van der Waals surface area contributed by atoms with Gasteiger partial charge in [-0.15, -0.1) is 0 Å². The van der Waals surface area contributed by atoms with Gasteiger partial charge in [0.25, 0.3) is 11.8 Å². The number of carboxylic acid groups (broad SMARTS) is 1. The van der Waals surface area contributed by atoms with Crippen LogP contribution in [0.4, 0.5) is 0 Å². The van der Waals surface area contributed by atoms with Crippen LogP contribution >= 0.6 is 0 Å². The van der Waals surface area contributed by atoms with Gasteiger partial charge in [-0.1, -0.05) is 0 Å². The van der Waals surface area contributed by atoms with Crippen molar-refractivity contribution in [2.45, 2.75) is 25.7 Å². The molecule has 0 radical (unpaired) electrons. The second kappa shape index (κ2) is 7.30. The number of amides is 2.